The number of nitrogens with one attached hydrogen (secondary N) is 1. The molecule has 104 valence electrons. The zero-order valence-electron chi connectivity index (χ0n) is 11.1. The van der Waals surface area contributed by atoms with E-state index in [1.807, 2.05) is 24.3 Å². The van der Waals surface area contributed by atoms with Crippen molar-refractivity contribution in [3.05, 3.63) is 35.9 Å². The Balaban J connectivity index is 1.90. The van der Waals surface area contributed by atoms with Gasteiger partial charge in [0.15, 0.2) is 0 Å². The number of carbonyl (C=O) groups is 1. The van der Waals surface area contributed by atoms with Gasteiger partial charge < -0.3 is 15.8 Å². The number of primary amides is 1. The van der Waals surface area contributed by atoms with Crippen LogP contribution in [-0.4, -0.2) is 30.1 Å². The summed E-state index contributed by atoms with van der Waals surface area (Å²) in [5.74, 6) is -0.192. The van der Waals surface area contributed by atoms with Crippen LogP contribution in [0.5, 0.6) is 5.88 Å². The lowest BCUT2D eigenvalue weighted by atomic mass is 10.1. The fourth-order valence-corrected chi connectivity index (χ4v) is 2.46. The highest BCUT2D eigenvalue weighted by molar-refractivity contribution is 5.98. The van der Waals surface area contributed by atoms with Crippen molar-refractivity contribution in [2.24, 2.45) is 5.73 Å². The van der Waals surface area contributed by atoms with Crippen LogP contribution in [0.25, 0.3) is 10.9 Å². The Labute approximate surface area is 117 Å². The molecule has 1 aliphatic rings. The minimum Gasteiger partial charge on any atom is -0.475 e. The van der Waals surface area contributed by atoms with Crippen molar-refractivity contribution in [2.75, 3.05) is 13.2 Å². The van der Waals surface area contributed by atoms with Crippen LogP contribution >= 0.6 is 0 Å². The van der Waals surface area contributed by atoms with Crippen molar-refractivity contribution in [3.63, 3.8) is 0 Å². The summed E-state index contributed by atoms with van der Waals surface area (Å²) in [6.45, 7) is 1.52. The van der Waals surface area contributed by atoms with Crippen molar-refractivity contribution in [1.82, 2.24) is 10.3 Å². The Morgan fingerprint density at radius 2 is 2.30 bits per heavy atom. The highest BCUT2D eigenvalue weighted by atomic mass is 16.5. The van der Waals surface area contributed by atoms with E-state index in [2.05, 4.69) is 10.3 Å². The normalized spacial score (nSPS) is 18.3. The van der Waals surface area contributed by atoms with Crippen LogP contribution in [0.4, 0.5) is 0 Å². The van der Waals surface area contributed by atoms with Crippen LogP contribution in [0.15, 0.2) is 30.3 Å². The predicted molar refractivity (Wildman–Crippen MR) is 76.8 cm³/mol. The number of nitrogens with zero attached hydrogens (tertiary/aromatic N) is 1. The van der Waals surface area contributed by atoms with Gasteiger partial charge in [0, 0.05) is 11.4 Å². The minimum absolute atomic E-state index is 0.323. The van der Waals surface area contributed by atoms with Gasteiger partial charge in [0.1, 0.15) is 12.2 Å². The Kier molecular flexibility index (Phi) is 3.52. The smallest absolute Gasteiger partial charge is 0.254 e. The lowest BCUT2D eigenvalue weighted by molar-refractivity contribution is 0.0995. The fraction of sp³-hybridized carbons (Fsp3) is 0.333. The molecule has 0 radical (unpaired) electrons. The molecule has 1 amide bonds. The number of benzene rings is 1. The van der Waals surface area contributed by atoms with E-state index in [4.69, 9.17) is 10.5 Å². The minimum atomic E-state index is -0.516. The first-order chi connectivity index (χ1) is 9.74. The van der Waals surface area contributed by atoms with Crippen molar-refractivity contribution in [1.29, 1.82) is 0 Å². The zero-order chi connectivity index (χ0) is 13.9. The summed E-state index contributed by atoms with van der Waals surface area (Å²) >= 11 is 0. The Morgan fingerprint density at radius 1 is 1.45 bits per heavy atom. The number of hydrogen-bond acceptors (Lipinski definition) is 4. The SMILES string of the molecule is NC(=O)c1cc2ccccc2nc1OCC1CCCN1. The molecule has 1 aromatic heterocycles. The molecule has 0 bridgehead atoms. The second-order valence-electron chi connectivity index (χ2n) is 5.00. The van der Waals surface area contributed by atoms with E-state index in [1.54, 1.807) is 6.07 Å². The third-order valence-electron chi connectivity index (χ3n) is 3.54. The van der Waals surface area contributed by atoms with Gasteiger partial charge in [-0.3, -0.25) is 4.79 Å². The van der Waals surface area contributed by atoms with E-state index in [9.17, 15) is 4.79 Å². The van der Waals surface area contributed by atoms with E-state index in [0.717, 1.165) is 30.3 Å². The van der Waals surface area contributed by atoms with Crippen molar-refractivity contribution >= 4 is 16.8 Å². The average Bonchev–Trinajstić information content (AvgIpc) is 2.97. The van der Waals surface area contributed by atoms with Gasteiger partial charge in [-0.05, 0) is 31.5 Å². The highest BCUT2D eigenvalue weighted by Crippen LogP contribution is 2.22. The summed E-state index contributed by atoms with van der Waals surface area (Å²) in [6.07, 6.45) is 2.24. The van der Waals surface area contributed by atoms with E-state index in [-0.39, 0.29) is 0 Å². The highest BCUT2D eigenvalue weighted by Gasteiger charge is 2.18. The summed E-state index contributed by atoms with van der Waals surface area (Å²) in [7, 11) is 0. The van der Waals surface area contributed by atoms with Gasteiger partial charge in [0.05, 0.1) is 5.52 Å². The van der Waals surface area contributed by atoms with Gasteiger partial charge in [-0.15, -0.1) is 0 Å². The molecule has 1 unspecified atom stereocenters. The molecule has 1 aliphatic heterocycles. The number of para-hydroxylation sites is 1. The molecule has 2 heterocycles. The maximum absolute atomic E-state index is 11.5. The van der Waals surface area contributed by atoms with Gasteiger partial charge in [-0.1, -0.05) is 18.2 Å². The monoisotopic (exact) mass is 271 g/mol. The lowest BCUT2D eigenvalue weighted by Gasteiger charge is -2.13. The number of rotatable bonds is 4. The topological polar surface area (TPSA) is 77.2 Å². The average molecular weight is 271 g/mol. The molecule has 0 aliphatic carbocycles. The molecular formula is C15H17N3O2. The molecule has 0 saturated carbocycles. The summed E-state index contributed by atoms with van der Waals surface area (Å²) in [4.78, 5) is 16.0. The fourth-order valence-electron chi connectivity index (χ4n) is 2.46. The third kappa shape index (κ3) is 2.58. The maximum Gasteiger partial charge on any atom is 0.254 e. The van der Waals surface area contributed by atoms with Crippen molar-refractivity contribution in [2.45, 2.75) is 18.9 Å². The van der Waals surface area contributed by atoms with Gasteiger partial charge >= 0.3 is 0 Å². The number of ether oxygens (including phenoxy) is 1. The van der Waals surface area contributed by atoms with Gasteiger partial charge in [0.2, 0.25) is 5.88 Å². The molecule has 20 heavy (non-hydrogen) atoms. The number of carbonyl (C=O) groups excluding carboxylic acids is 1. The van der Waals surface area contributed by atoms with E-state index in [0.29, 0.717) is 24.1 Å². The Hall–Kier alpha value is -2.14. The predicted octanol–water partition coefficient (Wildman–Crippen LogP) is 1.46. The zero-order valence-corrected chi connectivity index (χ0v) is 11.1. The van der Waals surface area contributed by atoms with Crippen molar-refractivity contribution in [3.8, 4) is 5.88 Å². The van der Waals surface area contributed by atoms with Crippen LogP contribution in [-0.2, 0) is 0 Å². The van der Waals surface area contributed by atoms with Gasteiger partial charge in [-0.25, -0.2) is 4.98 Å². The van der Waals surface area contributed by atoms with Crippen molar-refractivity contribution < 1.29 is 9.53 Å². The first-order valence-electron chi connectivity index (χ1n) is 6.80. The number of pyridine rings is 1. The van der Waals surface area contributed by atoms with Gasteiger partial charge in [0.25, 0.3) is 5.91 Å². The second kappa shape index (κ2) is 5.46. The van der Waals surface area contributed by atoms with Gasteiger partial charge in [-0.2, -0.15) is 0 Å². The largest absolute Gasteiger partial charge is 0.475 e. The number of aromatic nitrogens is 1. The van der Waals surface area contributed by atoms with E-state index < -0.39 is 5.91 Å². The summed E-state index contributed by atoms with van der Waals surface area (Å²) in [5, 5.41) is 4.23. The maximum atomic E-state index is 11.5. The van der Waals surface area contributed by atoms with Crippen LogP contribution in [0.2, 0.25) is 0 Å². The molecule has 1 saturated heterocycles. The molecular weight excluding hydrogens is 254 g/mol. The summed E-state index contributed by atoms with van der Waals surface area (Å²) in [6, 6.07) is 9.66. The Bertz CT molecular complexity index is 636. The molecule has 1 fully saturated rings. The molecule has 5 heteroatoms. The summed E-state index contributed by atoms with van der Waals surface area (Å²) < 4.78 is 5.72. The second-order valence-corrected chi connectivity index (χ2v) is 5.00. The molecule has 5 nitrogen and oxygen atoms in total. The van der Waals surface area contributed by atoms with E-state index in [1.165, 1.54) is 0 Å². The number of fused-ring (bicyclic) bond motifs is 1. The van der Waals surface area contributed by atoms with Crippen LogP contribution in [0.1, 0.15) is 23.2 Å². The lowest BCUT2D eigenvalue weighted by Crippen LogP contribution is -2.29. The standard InChI is InChI=1S/C15H17N3O2/c16-14(19)12-8-10-4-1-2-6-13(10)18-15(12)20-9-11-5-3-7-17-11/h1-2,4,6,8,11,17H,3,5,7,9H2,(H2,16,19). The molecule has 1 aromatic carbocycles. The molecule has 2 aromatic rings. The number of nitrogens with two attached hydrogens (primary N) is 1. The van der Waals surface area contributed by atoms with Crippen LogP contribution in [0.3, 0.4) is 0 Å². The third-order valence-corrected chi connectivity index (χ3v) is 3.54. The Morgan fingerprint density at radius 3 is 3.05 bits per heavy atom. The van der Waals surface area contributed by atoms with E-state index >= 15 is 0 Å². The van der Waals surface area contributed by atoms with Crippen LogP contribution < -0.4 is 15.8 Å². The van der Waals surface area contributed by atoms with Crippen LogP contribution in [0, 0.1) is 0 Å². The molecule has 0 spiro atoms. The summed E-state index contributed by atoms with van der Waals surface area (Å²) in [5.41, 5.74) is 6.55. The molecule has 1 atom stereocenters. The first kappa shape index (κ1) is 12.9. The molecule has 3 N–H and O–H groups in total. The molecule has 3 rings (SSSR count). The first-order valence-corrected chi connectivity index (χ1v) is 6.80. The number of amides is 1. The number of hydrogen-bond donors (Lipinski definition) is 2. The quantitative estimate of drug-likeness (QED) is 0.882.